The van der Waals surface area contributed by atoms with Gasteiger partial charge in [0.1, 0.15) is 4.76 Å². The highest BCUT2D eigenvalue weighted by atomic mass is 16.5. The Morgan fingerprint density at radius 3 is 2.39 bits per heavy atom. The fourth-order valence-corrected chi connectivity index (χ4v) is 6.34. The van der Waals surface area contributed by atoms with Gasteiger partial charge in [-0.2, -0.15) is 0 Å². The van der Waals surface area contributed by atoms with Gasteiger partial charge in [-0.25, -0.2) is 0 Å². The Kier molecular flexibility index (Phi) is 6.41. The summed E-state index contributed by atoms with van der Waals surface area (Å²) in [4.78, 5) is 13.1. The molecule has 1 heterocycles. The highest BCUT2D eigenvalue weighted by Gasteiger charge is 2.50. The van der Waals surface area contributed by atoms with Gasteiger partial charge < -0.3 is 23.7 Å². The zero-order chi connectivity index (χ0) is 25.4. The summed E-state index contributed by atoms with van der Waals surface area (Å²) in [6.45, 7) is 0. The van der Waals surface area contributed by atoms with Crippen molar-refractivity contribution >= 4 is 0 Å². The molecule has 3 aliphatic carbocycles. The van der Waals surface area contributed by atoms with Crippen LogP contribution in [0.1, 0.15) is 31.2 Å². The van der Waals surface area contributed by atoms with Crippen LogP contribution in [0.25, 0.3) is 0 Å². The van der Waals surface area contributed by atoms with Gasteiger partial charge in [-0.15, -0.1) is 0 Å². The van der Waals surface area contributed by atoms with Crippen molar-refractivity contribution in [3.8, 4) is 11.5 Å². The third-order valence-electron chi connectivity index (χ3n) is 8.11. The maximum Gasteiger partial charge on any atom is 0.419 e. The largest absolute Gasteiger partial charge is 0.493 e. The molecule has 0 amide bonds. The third-order valence-corrected chi connectivity index (χ3v) is 8.11. The molecule has 1 fully saturated rings. The first-order valence-corrected chi connectivity index (χ1v) is 12.4. The molecule has 3 unspecified atom stereocenters. The maximum absolute atomic E-state index is 13.1. The van der Waals surface area contributed by atoms with E-state index >= 15 is 0 Å². The van der Waals surface area contributed by atoms with E-state index < -0.39 is 5.41 Å². The number of hydrogen-bond acceptors (Lipinski definition) is 6. The summed E-state index contributed by atoms with van der Waals surface area (Å²) in [5.74, 6) is 4.09. The summed E-state index contributed by atoms with van der Waals surface area (Å²) < 4.78 is 28.7. The molecule has 0 radical (unpaired) electrons. The van der Waals surface area contributed by atoms with Crippen molar-refractivity contribution in [2.75, 3.05) is 35.5 Å². The van der Waals surface area contributed by atoms with Gasteiger partial charge in [-0.3, -0.25) is 0 Å². The van der Waals surface area contributed by atoms with Crippen LogP contribution in [0.3, 0.4) is 0 Å². The third kappa shape index (κ3) is 4.00. The van der Waals surface area contributed by atoms with Crippen LogP contribution in [0.2, 0.25) is 0 Å². The molecule has 4 aliphatic rings. The average Bonchev–Trinajstić information content (AvgIpc) is 2.90. The molecular formula is C29H34NO6+. The van der Waals surface area contributed by atoms with Crippen molar-refractivity contribution in [1.82, 2.24) is 0 Å². The van der Waals surface area contributed by atoms with Gasteiger partial charge >= 0.3 is 5.88 Å². The van der Waals surface area contributed by atoms with Crippen molar-refractivity contribution in [3.05, 3.63) is 87.2 Å². The number of nitrogens with zero attached hydrogens (tertiary/aromatic N) is 1. The second kappa shape index (κ2) is 9.52. The summed E-state index contributed by atoms with van der Waals surface area (Å²) in [5, 5.41) is 0. The van der Waals surface area contributed by atoms with E-state index in [-0.39, 0.29) is 0 Å². The first-order valence-electron chi connectivity index (χ1n) is 12.4. The lowest BCUT2D eigenvalue weighted by Gasteiger charge is -2.47. The van der Waals surface area contributed by atoms with Crippen molar-refractivity contribution in [1.29, 1.82) is 0 Å². The lowest BCUT2D eigenvalue weighted by Crippen LogP contribution is -2.39. The molecule has 1 aromatic carbocycles. The molecule has 0 spiro atoms. The predicted molar refractivity (Wildman–Crippen MR) is 135 cm³/mol. The van der Waals surface area contributed by atoms with E-state index in [2.05, 4.69) is 24.3 Å². The topological polar surface area (TPSA) is 66.2 Å². The zero-order valence-corrected chi connectivity index (χ0v) is 21.6. The van der Waals surface area contributed by atoms with Gasteiger partial charge in [-0.05, 0) is 84.9 Å². The van der Waals surface area contributed by atoms with E-state index in [1.54, 1.807) is 41.7 Å². The fraction of sp³-hybridized carbons (Fsp3) is 0.448. The Bertz CT molecular complexity index is 1240. The number of hydrogen-bond donors (Lipinski definition) is 0. The van der Waals surface area contributed by atoms with Crippen LogP contribution < -0.4 is 9.47 Å². The SMILES string of the molecule is COC1=CC2=C3CC4CC2(C=C1OC)/C=C(/OC)[N+](=O)C=C3CC4CCc1ccc(OC)c(OC)c1. The Labute approximate surface area is 212 Å². The van der Waals surface area contributed by atoms with Gasteiger partial charge in [0.15, 0.2) is 23.0 Å². The molecule has 1 aliphatic heterocycles. The van der Waals surface area contributed by atoms with E-state index in [1.807, 2.05) is 12.1 Å². The average molecular weight is 493 g/mol. The number of ether oxygens (including phenoxy) is 5. The van der Waals surface area contributed by atoms with Crippen molar-refractivity contribution in [2.45, 2.75) is 32.1 Å². The number of methoxy groups -OCH3 is 5. The van der Waals surface area contributed by atoms with Gasteiger partial charge in [0.05, 0.1) is 35.5 Å². The van der Waals surface area contributed by atoms with Crippen LogP contribution in [-0.4, -0.2) is 40.3 Å². The molecule has 5 rings (SSSR count). The molecule has 7 nitrogen and oxygen atoms in total. The lowest BCUT2D eigenvalue weighted by molar-refractivity contribution is -0.462. The Morgan fingerprint density at radius 1 is 0.917 bits per heavy atom. The van der Waals surface area contributed by atoms with Crippen LogP contribution in [0.15, 0.2) is 76.7 Å². The smallest absolute Gasteiger partial charge is 0.419 e. The van der Waals surface area contributed by atoms with E-state index in [0.717, 1.165) is 53.9 Å². The number of benzene rings is 1. The first-order chi connectivity index (χ1) is 17.4. The predicted octanol–water partition coefficient (Wildman–Crippen LogP) is 5.59. The molecular weight excluding hydrogens is 458 g/mol. The molecule has 190 valence electrons. The quantitative estimate of drug-likeness (QED) is 0.441. The molecule has 1 saturated carbocycles. The van der Waals surface area contributed by atoms with Crippen LogP contribution in [0, 0.1) is 22.2 Å². The highest BCUT2D eigenvalue weighted by Crippen LogP contribution is 2.58. The molecule has 1 aromatic rings. The molecule has 0 aromatic heterocycles. The Hall–Kier alpha value is -3.48. The number of fused-ring (bicyclic) bond motifs is 1. The number of aryl methyl sites for hydroxylation is 1. The van der Waals surface area contributed by atoms with Crippen molar-refractivity contribution < 1.29 is 28.4 Å². The zero-order valence-electron chi connectivity index (χ0n) is 21.6. The van der Waals surface area contributed by atoms with E-state index in [4.69, 9.17) is 23.7 Å². The minimum atomic E-state index is -0.485. The summed E-state index contributed by atoms with van der Waals surface area (Å²) >= 11 is 0. The minimum Gasteiger partial charge on any atom is -0.493 e. The molecule has 3 bridgehead atoms. The van der Waals surface area contributed by atoms with Gasteiger partial charge in [-0.1, -0.05) is 6.07 Å². The maximum atomic E-state index is 13.1. The van der Waals surface area contributed by atoms with E-state index in [9.17, 15) is 4.91 Å². The number of rotatable bonds is 8. The van der Waals surface area contributed by atoms with Crippen LogP contribution in [0.5, 0.6) is 11.5 Å². The highest BCUT2D eigenvalue weighted by molar-refractivity contribution is 5.57. The van der Waals surface area contributed by atoms with E-state index in [0.29, 0.717) is 29.2 Å². The Morgan fingerprint density at radius 2 is 1.69 bits per heavy atom. The molecule has 0 saturated heterocycles. The summed E-state index contributed by atoms with van der Waals surface area (Å²) in [6.07, 6.45) is 12.5. The van der Waals surface area contributed by atoms with Crippen molar-refractivity contribution in [3.63, 3.8) is 0 Å². The standard InChI is InChI=1S/C29H34NO6/c1-32-24-9-7-18(10-25(24)33-2)6-8-19-11-21-17-30(31)28(36-5)16-29-14-20(19)12-22(21)23(29)13-26(34-3)27(15-29)35-4/h7,9-10,13,15-17,19-20H,6,8,11-12,14H2,1-5H3/q+1/b21-17?,28-16+. The fourth-order valence-electron chi connectivity index (χ4n) is 6.34. The Balaban J connectivity index is 1.52. The van der Waals surface area contributed by atoms with Crippen molar-refractivity contribution in [2.24, 2.45) is 17.3 Å². The second-order valence-electron chi connectivity index (χ2n) is 9.89. The van der Waals surface area contributed by atoms with Gasteiger partial charge in [0.25, 0.3) is 0 Å². The van der Waals surface area contributed by atoms with E-state index in [1.165, 1.54) is 16.7 Å². The van der Waals surface area contributed by atoms with Crippen LogP contribution >= 0.6 is 0 Å². The van der Waals surface area contributed by atoms with Gasteiger partial charge in [0.2, 0.25) is 6.20 Å². The molecule has 0 N–H and O–H groups in total. The first kappa shape index (κ1) is 24.2. The van der Waals surface area contributed by atoms with Crippen LogP contribution in [-0.2, 0) is 20.6 Å². The summed E-state index contributed by atoms with van der Waals surface area (Å²) in [5.41, 5.74) is 4.25. The molecule has 36 heavy (non-hydrogen) atoms. The molecule has 3 atom stereocenters. The summed E-state index contributed by atoms with van der Waals surface area (Å²) in [6, 6.07) is 6.13. The number of allylic oxidation sites excluding steroid dienone is 6. The lowest BCUT2D eigenvalue weighted by atomic mass is 9.56. The number of nitroso groups, excluding NO2 is 1. The van der Waals surface area contributed by atoms with Gasteiger partial charge in [0, 0.05) is 22.0 Å². The van der Waals surface area contributed by atoms with Crippen LogP contribution in [0.4, 0.5) is 0 Å². The minimum absolute atomic E-state index is 0.300. The monoisotopic (exact) mass is 492 g/mol. The summed E-state index contributed by atoms with van der Waals surface area (Å²) in [7, 11) is 8.17. The second-order valence-corrected chi connectivity index (χ2v) is 9.89. The normalized spacial score (nSPS) is 28.0. The molecule has 7 heteroatoms.